The van der Waals surface area contributed by atoms with E-state index in [1.807, 2.05) is 24.8 Å². The quantitative estimate of drug-likeness (QED) is 0.641. The third-order valence-corrected chi connectivity index (χ3v) is 7.03. The highest BCUT2D eigenvalue weighted by Crippen LogP contribution is 2.32. The van der Waals surface area contributed by atoms with Crippen LogP contribution < -0.4 is 15.5 Å². The van der Waals surface area contributed by atoms with Crippen LogP contribution in [0, 0.1) is 6.92 Å². The number of aryl methyl sites for hydroxylation is 1. The van der Waals surface area contributed by atoms with Gasteiger partial charge in [-0.3, -0.25) is 4.79 Å². The Balaban J connectivity index is 1.46. The molecular weight excluding hydrogens is 471 g/mol. The van der Waals surface area contributed by atoms with Crippen LogP contribution in [-0.2, 0) is 4.79 Å². The second-order valence-corrected chi connectivity index (χ2v) is 9.49. The van der Waals surface area contributed by atoms with E-state index in [2.05, 4.69) is 20.5 Å². The number of halogens is 3. The number of rotatable bonds is 5. The van der Waals surface area contributed by atoms with E-state index in [0.717, 1.165) is 24.9 Å². The Morgan fingerprint density at radius 1 is 1.19 bits per heavy atom. The minimum atomic E-state index is -0.132. The van der Waals surface area contributed by atoms with Crippen LogP contribution in [0.3, 0.4) is 0 Å². The SMILES string of the molecule is Cc1nc(N2CCN(C(=O)[C@H]3CCCN3)CC2)nc(N[C@H](C)c2ccc(Cl)cc2Cl)c1Cl. The summed E-state index contributed by atoms with van der Waals surface area (Å²) >= 11 is 18.9. The van der Waals surface area contributed by atoms with E-state index in [4.69, 9.17) is 39.8 Å². The van der Waals surface area contributed by atoms with Crippen LogP contribution in [0.25, 0.3) is 0 Å². The molecule has 1 amide bonds. The number of nitrogens with one attached hydrogen (secondary N) is 2. The molecule has 7 nitrogen and oxygen atoms in total. The first-order valence-corrected chi connectivity index (χ1v) is 12.0. The second kappa shape index (κ2) is 10.00. The molecule has 1 aromatic carbocycles. The smallest absolute Gasteiger partial charge is 0.239 e. The van der Waals surface area contributed by atoms with Gasteiger partial charge in [0.1, 0.15) is 5.02 Å². The normalized spacial score (nSPS) is 19.8. The highest BCUT2D eigenvalue weighted by Gasteiger charge is 2.30. The minimum absolute atomic E-state index is 0.0347. The summed E-state index contributed by atoms with van der Waals surface area (Å²) in [6, 6.07) is 5.25. The molecular formula is C22H27Cl3N6O. The molecule has 1 aromatic heterocycles. The van der Waals surface area contributed by atoms with Gasteiger partial charge in [-0.05, 0) is 50.9 Å². The molecule has 0 unspecified atom stereocenters. The molecule has 10 heteroatoms. The monoisotopic (exact) mass is 496 g/mol. The molecule has 2 aliphatic rings. The maximum absolute atomic E-state index is 12.7. The van der Waals surface area contributed by atoms with Crippen LogP contribution in [-0.4, -0.2) is 59.5 Å². The van der Waals surface area contributed by atoms with Gasteiger partial charge < -0.3 is 20.4 Å². The summed E-state index contributed by atoms with van der Waals surface area (Å²) in [6.45, 7) is 7.44. The highest BCUT2D eigenvalue weighted by molar-refractivity contribution is 6.35. The van der Waals surface area contributed by atoms with Crippen LogP contribution in [0.4, 0.5) is 11.8 Å². The molecule has 0 bridgehead atoms. The van der Waals surface area contributed by atoms with Crippen molar-refractivity contribution in [1.29, 1.82) is 0 Å². The predicted molar refractivity (Wildman–Crippen MR) is 130 cm³/mol. The number of benzene rings is 1. The number of anilines is 2. The maximum atomic E-state index is 12.7. The minimum Gasteiger partial charge on any atom is -0.362 e. The van der Waals surface area contributed by atoms with Crippen molar-refractivity contribution < 1.29 is 4.79 Å². The van der Waals surface area contributed by atoms with Crippen molar-refractivity contribution in [2.24, 2.45) is 0 Å². The molecule has 0 saturated carbocycles. The maximum Gasteiger partial charge on any atom is 0.239 e. The molecule has 2 fully saturated rings. The van der Waals surface area contributed by atoms with Crippen LogP contribution >= 0.6 is 34.8 Å². The number of carbonyl (C=O) groups is 1. The van der Waals surface area contributed by atoms with E-state index < -0.39 is 0 Å². The number of aromatic nitrogens is 2. The lowest BCUT2D eigenvalue weighted by Crippen LogP contribution is -2.53. The fourth-order valence-electron chi connectivity index (χ4n) is 4.16. The summed E-state index contributed by atoms with van der Waals surface area (Å²) in [5.74, 6) is 1.36. The van der Waals surface area contributed by atoms with Gasteiger partial charge in [-0.25, -0.2) is 4.98 Å². The topological polar surface area (TPSA) is 73.4 Å². The molecule has 2 N–H and O–H groups in total. The van der Waals surface area contributed by atoms with E-state index in [9.17, 15) is 4.79 Å². The summed E-state index contributed by atoms with van der Waals surface area (Å²) in [7, 11) is 0. The summed E-state index contributed by atoms with van der Waals surface area (Å²) < 4.78 is 0. The van der Waals surface area contributed by atoms with Gasteiger partial charge in [0.2, 0.25) is 11.9 Å². The van der Waals surface area contributed by atoms with Gasteiger partial charge >= 0.3 is 0 Å². The largest absolute Gasteiger partial charge is 0.362 e. The number of nitrogens with zero attached hydrogens (tertiary/aromatic N) is 4. The first-order chi connectivity index (χ1) is 15.3. The fourth-order valence-corrected chi connectivity index (χ4v) is 4.87. The summed E-state index contributed by atoms with van der Waals surface area (Å²) in [6.07, 6.45) is 1.98. The van der Waals surface area contributed by atoms with Crippen LogP contribution in [0.1, 0.15) is 37.1 Å². The number of hydrogen-bond donors (Lipinski definition) is 2. The average molecular weight is 498 g/mol. The molecule has 32 heavy (non-hydrogen) atoms. The molecule has 2 atom stereocenters. The molecule has 3 heterocycles. The highest BCUT2D eigenvalue weighted by atomic mass is 35.5. The van der Waals surface area contributed by atoms with E-state index in [1.54, 1.807) is 12.1 Å². The second-order valence-electron chi connectivity index (χ2n) is 8.26. The standard InChI is InChI=1S/C22H27Cl3N6O/c1-13(16-6-5-15(23)12-17(16)24)27-20-19(25)14(2)28-22(29-20)31-10-8-30(9-11-31)21(32)18-4-3-7-26-18/h5-6,12-13,18,26H,3-4,7-11H2,1-2H3,(H,27,28,29)/t13-,18-/m1/s1. The molecule has 2 aromatic rings. The Kier molecular flexibility index (Phi) is 7.30. The lowest BCUT2D eigenvalue weighted by molar-refractivity contribution is -0.133. The lowest BCUT2D eigenvalue weighted by Gasteiger charge is -2.36. The van der Waals surface area contributed by atoms with E-state index >= 15 is 0 Å². The molecule has 2 saturated heterocycles. The van der Waals surface area contributed by atoms with E-state index in [1.165, 1.54) is 0 Å². The summed E-state index contributed by atoms with van der Waals surface area (Å²) in [4.78, 5) is 26.0. The van der Waals surface area contributed by atoms with Crippen molar-refractivity contribution in [2.75, 3.05) is 42.9 Å². The van der Waals surface area contributed by atoms with Gasteiger partial charge in [-0.15, -0.1) is 0 Å². The Hall–Kier alpha value is -1.80. The van der Waals surface area contributed by atoms with Gasteiger partial charge in [0, 0.05) is 36.2 Å². The molecule has 4 rings (SSSR count). The van der Waals surface area contributed by atoms with E-state index in [0.29, 0.717) is 58.7 Å². The van der Waals surface area contributed by atoms with Crippen molar-refractivity contribution in [2.45, 2.75) is 38.8 Å². The lowest BCUT2D eigenvalue weighted by atomic mass is 10.1. The summed E-state index contributed by atoms with van der Waals surface area (Å²) in [5.41, 5.74) is 1.60. The van der Waals surface area contributed by atoms with Crippen LogP contribution in [0.2, 0.25) is 15.1 Å². The Bertz CT molecular complexity index is 990. The van der Waals surface area contributed by atoms with Gasteiger partial charge in [0.05, 0.1) is 17.8 Å². The van der Waals surface area contributed by atoms with Crippen LogP contribution in [0.15, 0.2) is 18.2 Å². The Morgan fingerprint density at radius 3 is 2.59 bits per heavy atom. The first-order valence-electron chi connectivity index (χ1n) is 10.9. The van der Waals surface area contributed by atoms with Crippen molar-refractivity contribution in [3.8, 4) is 0 Å². The number of carbonyl (C=O) groups excluding carboxylic acids is 1. The number of hydrogen-bond acceptors (Lipinski definition) is 6. The average Bonchev–Trinajstić information content (AvgIpc) is 3.31. The van der Waals surface area contributed by atoms with Gasteiger partial charge in [0.25, 0.3) is 0 Å². The van der Waals surface area contributed by atoms with Crippen molar-refractivity contribution in [3.63, 3.8) is 0 Å². The molecule has 0 spiro atoms. The van der Waals surface area contributed by atoms with Gasteiger partial charge in [-0.1, -0.05) is 40.9 Å². The first kappa shape index (κ1) is 23.4. The third-order valence-electron chi connectivity index (χ3n) is 6.02. The van der Waals surface area contributed by atoms with Crippen molar-refractivity contribution >= 4 is 52.5 Å². The van der Waals surface area contributed by atoms with Crippen LogP contribution in [0.5, 0.6) is 0 Å². The molecule has 0 radical (unpaired) electrons. The van der Waals surface area contributed by atoms with Gasteiger partial charge in [-0.2, -0.15) is 4.98 Å². The van der Waals surface area contributed by atoms with Crippen molar-refractivity contribution in [3.05, 3.63) is 44.5 Å². The summed E-state index contributed by atoms with van der Waals surface area (Å²) in [5, 5.41) is 8.30. The zero-order chi connectivity index (χ0) is 22.8. The number of amides is 1. The zero-order valence-electron chi connectivity index (χ0n) is 18.2. The fraction of sp³-hybridized carbons (Fsp3) is 0.500. The zero-order valence-corrected chi connectivity index (χ0v) is 20.4. The Labute approximate surface area is 203 Å². The molecule has 172 valence electrons. The predicted octanol–water partition coefficient (Wildman–Crippen LogP) is 4.32. The van der Waals surface area contributed by atoms with Crippen molar-refractivity contribution in [1.82, 2.24) is 20.2 Å². The Morgan fingerprint density at radius 2 is 1.94 bits per heavy atom. The van der Waals surface area contributed by atoms with E-state index in [-0.39, 0.29) is 18.0 Å². The number of piperazine rings is 1. The third kappa shape index (κ3) is 5.06. The molecule has 0 aliphatic carbocycles. The van der Waals surface area contributed by atoms with Gasteiger partial charge in [0.15, 0.2) is 5.82 Å². The molecule has 2 aliphatic heterocycles.